The SMILES string of the molecule is COc1ccc(Cn2cc(CCl)nn2)cc1. The predicted octanol–water partition coefficient (Wildman–Crippen LogP) is 2.07. The number of halogens is 1. The van der Waals surface area contributed by atoms with Gasteiger partial charge in [0.25, 0.3) is 0 Å². The molecule has 0 bridgehead atoms. The predicted molar refractivity (Wildman–Crippen MR) is 61.7 cm³/mol. The molecule has 0 fully saturated rings. The maximum absolute atomic E-state index is 5.65. The van der Waals surface area contributed by atoms with E-state index in [1.54, 1.807) is 11.8 Å². The third-order valence-corrected chi connectivity index (χ3v) is 2.50. The van der Waals surface area contributed by atoms with E-state index in [1.807, 2.05) is 30.5 Å². The first-order valence-electron chi connectivity index (χ1n) is 4.89. The van der Waals surface area contributed by atoms with Crippen LogP contribution in [0.4, 0.5) is 0 Å². The van der Waals surface area contributed by atoms with Crippen molar-refractivity contribution in [2.45, 2.75) is 12.4 Å². The minimum absolute atomic E-state index is 0.391. The highest BCUT2D eigenvalue weighted by atomic mass is 35.5. The van der Waals surface area contributed by atoms with E-state index in [2.05, 4.69) is 10.3 Å². The fourth-order valence-corrected chi connectivity index (χ4v) is 1.52. The van der Waals surface area contributed by atoms with Crippen molar-refractivity contribution >= 4 is 11.6 Å². The maximum Gasteiger partial charge on any atom is 0.118 e. The van der Waals surface area contributed by atoms with Gasteiger partial charge < -0.3 is 4.74 Å². The van der Waals surface area contributed by atoms with Gasteiger partial charge in [-0.3, -0.25) is 0 Å². The summed E-state index contributed by atoms with van der Waals surface area (Å²) in [5.74, 6) is 1.24. The number of hydrogen-bond donors (Lipinski definition) is 0. The average molecular weight is 238 g/mol. The quantitative estimate of drug-likeness (QED) is 0.765. The molecular weight excluding hydrogens is 226 g/mol. The standard InChI is InChI=1S/C11H12ClN3O/c1-16-11-4-2-9(3-5-11)7-15-8-10(6-12)13-14-15/h2-5,8H,6-7H2,1H3. The van der Waals surface area contributed by atoms with E-state index in [1.165, 1.54) is 0 Å². The Labute approximate surface area is 98.8 Å². The molecule has 4 nitrogen and oxygen atoms in total. The van der Waals surface area contributed by atoms with E-state index in [9.17, 15) is 0 Å². The second-order valence-electron chi connectivity index (χ2n) is 3.39. The zero-order chi connectivity index (χ0) is 11.4. The Kier molecular flexibility index (Phi) is 3.41. The molecule has 16 heavy (non-hydrogen) atoms. The molecule has 0 aliphatic carbocycles. The van der Waals surface area contributed by atoms with Crippen molar-refractivity contribution in [2.75, 3.05) is 7.11 Å². The van der Waals surface area contributed by atoms with Gasteiger partial charge in [-0.2, -0.15) is 0 Å². The lowest BCUT2D eigenvalue weighted by Crippen LogP contribution is -2.00. The molecule has 2 aromatic rings. The van der Waals surface area contributed by atoms with Gasteiger partial charge in [0.2, 0.25) is 0 Å². The van der Waals surface area contributed by atoms with Gasteiger partial charge >= 0.3 is 0 Å². The lowest BCUT2D eigenvalue weighted by atomic mass is 10.2. The first-order chi connectivity index (χ1) is 7.81. The van der Waals surface area contributed by atoms with Crippen molar-refractivity contribution in [3.63, 3.8) is 0 Å². The van der Waals surface area contributed by atoms with Gasteiger partial charge in [-0.05, 0) is 17.7 Å². The molecule has 5 heteroatoms. The molecule has 0 aliphatic rings. The van der Waals surface area contributed by atoms with Gasteiger partial charge in [0.1, 0.15) is 5.75 Å². The van der Waals surface area contributed by atoms with Crippen LogP contribution in [0.1, 0.15) is 11.3 Å². The first-order valence-corrected chi connectivity index (χ1v) is 5.43. The summed E-state index contributed by atoms with van der Waals surface area (Å²) in [7, 11) is 1.65. The third-order valence-electron chi connectivity index (χ3n) is 2.23. The molecule has 0 N–H and O–H groups in total. The Hall–Kier alpha value is -1.55. The van der Waals surface area contributed by atoms with Gasteiger partial charge in [-0.15, -0.1) is 16.7 Å². The van der Waals surface area contributed by atoms with E-state index < -0.39 is 0 Å². The zero-order valence-electron chi connectivity index (χ0n) is 8.93. The van der Waals surface area contributed by atoms with Crippen molar-refractivity contribution in [2.24, 2.45) is 0 Å². The smallest absolute Gasteiger partial charge is 0.118 e. The second kappa shape index (κ2) is 4.99. The van der Waals surface area contributed by atoms with Crippen molar-refractivity contribution < 1.29 is 4.74 Å². The Balaban J connectivity index is 2.08. The lowest BCUT2D eigenvalue weighted by molar-refractivity contribution is 0.414. The van der Waals surface area contributed by atoms with Crippen molar-refractivity contribution in [1.29, 1.82) is 0 Å². The van der Waals surface area contributed by atoms with Crippen molar-refractivity contribution in [3.8, 4) is 5.75 Å². The molecule has 84 valence electrons. The number of benzene rings is 1. The van der Waals surface area contributed by atoms with Gasteiger partial charge in [0, 0.05) is 0 Å². The number of rotatable bonds is 4. The summed E-state index contributed by atoms with van der Waals surface area (Å²) in [6.07, 6.45) is 1.84. The first kappa shape index (κ1) is 11.0. The van der Waals surface area contributed by atoms with Crippen LogP contribution in [0.25, 0.3) is 0 Å². The van der Waals surface area contributed by atoms with Crippen LogP contribution in [0.2, 0.25) is 0 Å². The van der Waals surface area contributed by atoms with Crippen LogP contribution in [0, 0.1) is 0 Å². The Morgan fingerprint density at radius 1 is 1.31 bits per heavy atom. The summed E-state index contributed by atoms with van der Waals surface area (Å²) < 4.78 is 6.85. The van der Waals surface area contributed by atoms with Crippen LogP contribution in [0.5, 0.6) is 5.75 Å². The highest BCUT2D eigenvalue weighted by Gasteiger charge is 2.00. The molecule has 1 heterocycles. The summed E-state index contributed by atoms with van der Waals surface area (Å²) in [5, 5.41) is 7.90. The van der Waals surface area contributed by atoms with E-state index in [4.69, 9.17) is 16.3 Å². The summed E-state index contributed by atoms with van der Waals surface area (Å²) in [4.78, 5) is 0. The molecule has 1 aromatic carbocycles. The highest BCUT2D eigenvalue weighted by Crippen LogP contribution is 2.12. The summed E-state index contributed by atoms with van der Waals surface area (Å²) in [5.41, 5.74) is 1.93. The van der Waals surface area contributed by atoms with E-state index in [0.29, 0.717) is 12.4 Å². The molecule has 0 saturated heterocycles. The Morgan fingerprint density at radius 2 is 2.06 bits per heavy atom. The Morgan fingerprint density at radius 3 is 2.62 bits per heavy atom. The summed E-state index contributed by atoms with van der Waals surface area (Å²) >= 11 is 5.65. The van der Waals surface area contributed by atoms with E-state index in [-0.39, 0.29) is 0 Å². The van der Waals surface area contributed by atoms with Crippen LogP contribution in [0.3, 0.4) is 0 Å². The van der Waals surface area contributed by atoms with Gasteiger partial charge in [-0.1, -0.05) is 17.3 Å². The topological polar surface area (TPSA) is 39.9 Å². The number of alkyl halides is 1. The monoisotopic (exact) mass is 237 g/mol. The average Bonchev–Trinajstić information content (AvgIpc) is 2.78. The molecule has 0 saturated carbocycles. The Bertz CT molecular complexity index is 453. The van der Waals surface area contributed by atoms with Crippen LogP contribution in [0.15, 0.2) is 30.5 Å². The number of nitrogens with zero attached hydrogens (tertiary/aromatic N) is 3. The van der Waals surface area contributed by atoms with Gasteiger partial charge in [-0.25, -0.2) is 4.68 Å². The molecule has 0 amide bonds. The zero-order valence-corrected chi connectivity index (χ0v) is 9.68. The molecule has 0 aliphatic heterocycles. The lowest BCUT2D eigenvalue weighted by Gasteiger charge is -2.02. The largest absolute Gasteiger partial charge is 0.497 e. The van der Waals surface area contributed by atoms with Crippen molar-refractivity contribution in [3.05, 3.63) is 41.7 Å². The van der Waals surface area contributed by atoms with Gasteiger partial charge in [0.15, 0.2) is 0 Å². The number of aromatic nitrogens is 3. The van der Waals surface area contributed by atoms with E-state index >= 15 is 0 Å². The molecule has 2 rings (SSSR count). The fraction of sp³-hybridized carbons (Fsp3) is 0.273. The van der Waals surface area contributed by atoms with Crippen molar-refractivity contribution in [1.82, 2.24) is 15.0 Å². The minimum atomic E-state index is 0.391. The van der Waals surface area contributed by atoms with Crippen LogP contribution < -0.4 is 4.74 Å². The van der Waals surface area contributed by atoms with Crippen LogP contribution in [-0.4, -0.2) is 22.1 Å². The normalized spacial score (nSPS) is 10.4. The second-order valence-corrected chi connectivity index (χ2v) is 3.66. The summed E-state index contributed by atoms with van der Waals surface area (Å²) in [6, 6.07) is 7.85. The fourth-order valence-electron chi connectivity index (χ4n) is 1.40. The summed E-state index contributed by atoms with van der Waals surface area (Å²) in [6.45, 7) is 0.688. The molecule has 0 atom stereocenters. The maximum atomic E-state index is 5.65. The number of hydrogen-bond acceptors (Lipinski definition) is 3. The number of methoxy groups -OCH3 is 1. The van der Waals surface area contributed by atoms with Crippen LogP contribution in [-0.2, 0) is 12.4 Å². The molecule has 0 unspecified atom stereocenters. The third kappa shape index (κ3) is 2.52. The number of ether oxygens (including phenoxy) is 1. The molecule has 0 radical (unpaired) electrons. The highest BCUT2D eigenvalue weighted by molar-refractivity contribution is 6.16. The molecule has 0 spiro atoms. The molecule has 1 aromatic heterocycles. The van der Waals surface area contributed by atoms with Crippen LogP contribution >= 0.6 is 11.6 Å². The van der Waals surface area contributed by atoms with Gasteiger partial charge in [0.05, 0.1) is 31.4 Å². The minimum Gasteiger partial charge on any atom is -0.497 e. The molecular formula is C11H12ClN3O. The van der Waals surface area contributed by atoms with E-state index in [0.717, 1.165) is 17.0 Å².